The summed E-state index contributed by atoms with van der Waals surface area (Å²) in [5.74, 6) is 0.883. The van der Waals surface area contributed by atoms with Gasteiger partial charge in [-0.1, -0.05) is 30.3 Å². The Morgan fingerprint density at radius 2 is 2.08 bits per heavy atom. The minimum Gasteiger partial charge on any atom is -0.475 e. The number of hydrogen-bond acceptors (Lipinski definition) is 5. The van der Waals surface area contributed by atoms with E-state index in [0.29, 0.717) is 29.5 Å². The molecular weight excluding hydrogens is 318 g/mol. The fourth-order valence-electron chi connectivity index (χ4n) is 2.37. The topological polar surface area (TPSA) is 81.4 Å². The minimum absolute atomic E-state index is 0.153. The van der Waals surface area contributed by atoms with Crippen molar-refractivity contribution < 1.29 is 9.53 Å². The number of rotatable bonds is 6. The summed E-state index contributed by atoms with van der Waals surface area (Å²) in [5, 5.41) is 11.1. The van der Waals surface area contributed by atoms with Gasteiger partial charge in [0.1, 0.15) is 0 Å². The number of fused-ring (bicyclic) bond motifs is 1. The second-order valence-electron chi connectivity index (χ2n) is 5.40. The van der Waals surface area contributed by atoms with Crippen molar-refractivity contribution in [3.63, 3.8) is 0 Å². The molecule has 0 aliphatic rings. The number of nitrogens with zero attached hydrogens (tertiary/aromatic N) is 4. The molecule has 1 N–H and O–H groups in total. The van der Waals surface area contributed by atoms with Crippen LogP contribution in [0.2, 0.25) is 0 Å². The Morgan fingerprint density at radius 1 is 1.28 bits per heavy atom. The maximum atomic E-state index is 12.3. The summed E-state index contributed by atoms with van der Waals surface area (Å²) in [6, 6.07) is 9.71. The van der Waals surface area contributed by atoms with Gasteiger partial charge in [-0.05, 0) is 25.5 Å². The van der Waals surface area contributed by atoms with Crippen molar-refractivity contribution in [3.05, 3.63) is 59.7 Å². The van der Waals surface area contributed by atoms with E-state index in [1.165, 1.54) is 0 Å². The first-order valence-electron chi connectivity index (χ1n) is 8.02. The van der Waals surface area contributed by atoms with Gasteiger partial charge in [-0.25, -0.2) is 4.98 Å². The lowest BCUT2D eigenvalue weighted by molar-refractivity contribution is -0.117. The van der Waals surface area contributed by atoms with Crippen LogP contribution in [0, 0.1) is 0 Å². The lowest BCUT2D eigenvalue weighted by Gasteiger charge is -2.06. The third-order valence-electron chi connectivity index (χ3n) is 3.59. The molecule has 25 heavy (non-hydrogen) atoms. The summed E-state index contributed by atoms with van der Waals surface area (Å²) >= 11 is 0. The SMILES string of the molecule is CCOc1nccn2c(CNC(=O)C(C)=Cc3ccccc3)nnc12. The molecule has 1 aromatic carbocycles. The van der Waals surface area contributed by atoms with Gasteiger partial charge in [-0.3, -0.25) is 9.20 Å². The number of nitrogens with one attached hydrogen (secondary N) is 1. The lowest BCUT2D eigenvalue weighted by Crippen LogP contribution is -2.24. The molecule has 0 saturated carbocycles. The predicted molar refractivity (Wildman–Crippen MR) is 93.9 cm³/mol. The average molecular weight is 337 g/mol. The van der Waals surface area contributed by atoms with E-state index < -0.39 is 0 Å². The first-order valence-corrected chi connectivity index (χ1v) is 8.02. The van der Waals surface area contributed by atoms with Crippen molar-refractivity contribution in [1.82, 2.24) is 24.9 Å². The largest absolute Gasteiger partial charge is 0.475 e. The molecule has 1 amide bonds. The fraction of sp³-hybridized carbons (Fsp3) is 0.222. The van der Waals surface area contributed by atoms with Gasteiger partial charge < -0.3 is 10.1 Å². The van der Waals surface area contributed by atoms with Crippen molar-refractivity contribution in [2.75, 3.05) is 6.61 Å². The maximum Gasteiger partial charge on any atom is 0.260 e. The van der Waals surface area contributed by atoms with E-state index in [0.717, 1.165) is 5.56 Å². The van der Waals surface area contributed by atoms with Crippen LogP contribution in [0.3, 0.4) is 0 Å². The summed E-state index contributed by atoms with van der Waals surface area (Å²) in [6.45, 7) is 4.41. The highest BCUT2D eigenvalue weighted by Crippen LogP contribution is 2.14. The number of hydrogen-bond donors (Lipinski definition) is 1. The quantitative estimate of drug-likeness (QED) is 0.698. The van der Waals surface area contributed by atoms with Crippen LogP contribution in [0.5, 0.6) is 5.88 Å². The second kappa shape index (κ2) is 7.57. The Morgan fingerprint density at radius 3 is 2.84 bits per heavy atom. The Labute approximate surface area is 145 Å². The molecule has 0 spiro atoms. The molecule has 0 fully saturated rings. The highest BCUT2D eigenvalue weighted by atomic mass is 16.5. The van der Waals surface area contributed by atoms with Gasteiger partial charge in [0.15, 0.2) is 5.82 Å². The number of amides is 1. The average Bonchev–Trinajstić information content (AvgIpc) is 3.05. The third-order valence-corrected chi connectivity index (χ3v) is 3.59. The molecule has 0 atom stereocenters. The second-order valence-corrected chi connectivity index (χ2v) is 5.40. The molecule has 0 saturated heterocycles. The number of ether oxygens (including phenoxy) is 1. The number of benzene rings is 1. The van der Waals surface area contributed by atoms with Gasteiger partial charge in [0, 0.05) is 18.0 Å². The van der Waals surface area contributed by atoms with Crippen molar-refractivity contribution >= 4 is 17.6 Å². The molecule has 2 heterocycles. The van der Waals surface area contributed by atoms with E-state index in [1.54, 1.807) is 23.7 Å². The normalized spacial score (nSPS) is 11.5. The molecule has 7 nitrogen and oxygen atoms in total. The number of aromatic nitrogens is 4. The van der Waals surface area contributed by atoms with E-state index in [9.17, 15) is 4.79 Å². The van der Waals surface area contributed by atoms with E-state index in [1.807, 2.05) is 43.3 Å². The predicted octanol–water partition coefficient (Wildman–Crippen LogP) is 2.24. The van der Waals surface area contributed by atoms with Crippen LogP contribution in [0.1, 0.15) is 25.2 Å². The van der Waals surface area contributed by atoms with Crippen molar-refractivity contribution in [3.8, 4) is 5.88 Å². The van der Waals surface area contributed by atoms with Crippen LogP contribution in [-0.2, 0) is 11.3 Å². The van der Waals surface area contributed by atoms with Crippen LogP contribution in [0.25, 0.3) is 11.7 Å². The van der Waals surface area contributed by atoms with Crippen LogP contribution < -0.4 is 10.1 Å². The molecular formula is C18H19N5O2. The van der Waals surface area contributed by atoms with E-state index in [-0.39, 0.29) is 12.5 Å². The molecule has 2 aromatic heterocycles. The van der Waals surface area contributed by atoms with Gasteiger partial charge in [-0.15, -0.1) is 10.2 Å². The molecule has 128 valence electrons. The molecule has 0 aliphatic carbocycles. The van der Waals surface area contributed by atoms with E-state index in [4.69, 9.17) is 4.74 Å². The van der Waals surface area contributed by atoms with Crippen molar-refractivity contribution in [2.45, 2.75) is 20.4 Å². The summed E-state index contributed by atoms with van der Waals surface area (Å²) < 4.78 is 7.19. The molecule has 7 heteroatoms. The van der Waals surface area contributed by atoms with E-state index >= 15 is 0 Å². The molecule has 0 aliphatic heterocycles. The van der Waals surface area contributed by atoms with Crippen LogP contribution in [0.4, 0.5) is 0 Å². The monoisotopic (exact) mass is 337 g/mol. The smallest absolute Gasteiger partial charge is 0.260 e. The van der Waals surface area contributed by atoms with Crippen LogP contribution >= 0.6 is 0 Å². The molecule has 0 radical (unpaired) electrons. The standard InChI is InChI=1S/C18H19N5O2/c1-3-25-18-16-22-21-15(23(16)10-9-19-18)12-20-17(24)13(2)11-14-7-5-4-6-8-14/h4-11H,3,12H2,1-2H3,(H,20,24). The van der Waals surface area contributed by atoms with Gasteiger partial charge in [0.25, 0.3) is 5.88 Å². The van der Waals surface area contributed by atoms with Gasteiger partial charge >= 0.3 is 0 Å². The van der Waals surface area contributed by atoms with E-state index in [2.05, 4.69) is 20.5 Å². The third kappa shape index (κ3) is 3.82. The highest BCUT2D eigenvalue weighted by molar-refractivity contribution is 5.97. The van der Waals surface area contributed by atoms with Crippen molar-refractivity contribution in [1.29, 1.82) is 0 Å². The summed E-state index contributed by atoms with van der Waals surface area (Å²) in [7, 11) is 0. The Balaban J connectivity index is 1.71. The summed E-state index contributed by atoms with van der Waals surface area (Å²) in [5.41, 5.74) is 2.14. The first-order chi connectivity index (χ1) is 12.2. The Hall–Kier alpha value is -3.22. The zero-order valence-corrected chi connectivity index (χ0v) is 14.1. The maximum absolute atomic E-state index is 12.3. The Bertz CT molecular complexity index is 902. The molecule has 3 aromatic rings. The zero-order chi connectivity index (χ0) is 17.6. The van der Waals surface area contributed by atoms with Crippen LogP contribution in [0.15, 0.2) is 48.3 Å². The fourth-order valence-corrected chi connectivity index (χ4v) is 2.37. The van der Waals surface area contributed by atoms with Gasteiger partial charge in [0.2, 0.25) is 11.6 Å². The zero-order valence-electron chi connectivity index (χ0n) is 14.1. The highest BCUT2D eigenvalue weighted by Gasteiger charge is 2.12. The molecule has 0 unspecified atom stereocenters. The minimum atomic E-state index is -0.153. The summed E-state index contributed by atoms with van der Waals surface area (Å²) in [6.07, 6.45) is 5.20. The van der Waals surface area contributed by atoms with Crippen LogP contribution in [-0.4, -0.2) is 32.1 Å². The lowest BCUT2D eigenvalue weighted by atomic mass is 10.1. The van der Waals surface area contributed by atoms with Gasteiger partial charge in [-0.2, -0.15) is 0 Å². The summed E-state index contributed by atoms with van der Waals surface area (Å²) in [4.78, 5) is 16.4. The molecule has 0 bridgehead atoms. The number of carbonyl (C=O) groups excluding carboxylic acids is 1. The number of carbonyl (C=O) groups is 1. The first kappa shape index (κ1) is 16.6. The van der Waals surface area contributed by atoms with Crippen molar-refractivity contribution in [2.24, 2.45) is 0 Å². The van der Waals surface area contributed by atoms with Gasteiger partial charge in [0.05, 0.1) is 13.2 Å². The Kier molecular flexibility index (Phi) is 5.03. The molecule has 3 rings (SSSR count).